The van der Waals surface area contributed by atoms with Crippen LogP contribution in [0.5, 0.6) is 0 Å². The maximum atomic E-state index is 12.3. The highest BCUT2D eigenvalue weighted by atomic mass is 16.2. The Morgan fingerprint density at radius 2 is 1.96 bits per heavy atom. The third-order valence-corrected chi connectivity index (χ3v) is 4.69. The van der Waals surface area contributed by atoms with Crippen LogP contribution in [0.4, 0.5) is 0 Å². The molecule has 1 fully saturated rings. The van der Waals surface area contributed by atoms with Crippen LogP contribution < -0.4 is 0 Å². The van der Waals surface area contributed by atoms with E-state index >= 15 is 0 Å². The molecule has 2 aromatic rings. The topological polar surface area (TPSA) is 38.1 Å². The molecule has 0 saturated carbocycles. The molecule has 1 amide bonds. The van der Waals surface area contributed by atoms with Crippen LogP contribution in [-0.2, 0) is 17.8 Å². The second kappa shape index (κ2) is 7.95. The third-order valence-electron chi connectivity index (χ3n) is 4.69. The van der Waals surface area contributed by atoms with Crippen LogP contribution in [0.3, 0.4) is 0 Å². The van der Waals surface area contributed by atoms with Gasteiger partial charge in [-0.05, 0) is 37.2 Å². The molecule has 4 heteroatoms. The Labute approximate surface area is 138 Å². The van der Waals surface area contributed by atoms with Crippen LogP contribution in [0.1, 0.15) is 31.2 Å². The number of imidazole rings is 1. The number of carbonyl (C=O) groups excluding carboxylic acids is 1. The van der Waals surface area contributed by atoms with E-state index in [2.05, 4.69) is 38.7 Å². The molecule has 0 N–H and O–H groups in total. The summed E-state index contributed by atoms with van der Waals surface area (Å²) < 4.78 is 2.14. The van der Waals surface area contributed by atoms with Crippen LogP contribution in [-0.4, -0.2) is 33.4 Å². The maximum Gasteiger partial charge on any atom is 0.222 e. The number of benzene rings is 1. The SMILES string of the molecule is O=C(CCCc1ccccc1)N1CCC(Cn2ccnc2)CC1. The summed E-state index contributed by atoms with van der Waals surface area (Å²) in [7, 11) is 0. The van der Waals surface area contributed by atoms with E-state index in [1.165, 1.54) is 5.56 Å². The van der Waals surface area contributed by atoms with E-state index in [-0.39, 0.29) is 0 Å². The largest absolute Gasteiger partial charge is 0.343 e. The number of aryl methyl sites for hydroxylation is 1. The number of hydrogen-bond acceptors (Lipinski definition) is 2. The minimum atomic E-state index is 0.321. The molecule has 0 spiro atoms. The van der Waals surface area contributed by atoms with Gasteiger partial charge in [0.1, 0.15) is 0 Å². The molecule has 2 heterocycles. The minimum Gasteiger partial charge on any atom is -0.343 e. The summed E-state index contributed by atoms with van der Waals surface area (Å²) in [4.78, 5) is 18.5. The van der Waals surface area contributed by atoms with Crippen LogP contribution in [0.25, 0.3) is 0 Å². The fourth-order valence-corrected chi connectivity index (χ4v) is 3.30. The molecule has 122 valence electrons. The van der Waals surface area contributed by atoms with Crippen molar-refractivity contribution < 1.29 is 4.79 Å². The molecule has 23 heavy (non-hydrogen) atoms. The molecule has 1 aliphatic rings. The number of carbonyl (C=O) groups is 1. The van der Waals surface area contributed by atoms with Crippen molar-refractivity contribution in [3.63, 3.8) is 0 Å². The average Bonchev–Trinajstić information content (AvgIpc) is 3.09. The highest BCUT2D eigenvalue weighted by Crippen LogP contribution is 2.20. The van der Waals surface area contributed by atoms with Gasteiger partial charge in [0, 0.05) is 38.4 Å². The smallest absolute Gasteiger partial charge is 0.222 e. The van der Waals surface area contributed by atoms with Gasteiger partial charge in [-0.15, -0.1) is 0 Å². The lowest BCUT2D eigenvalue weighted by Crippen LogP contribution is -2.39. The number of piperidine rings is 1. The highest BCUT2D eigenvalue weighted by molar-refractivity contribution is 5.76. The van der Waals surface area contributed by atoms with E-state index in [1.807, 2.05) is 24.8 Å². The monoisotopic (exact) mass is 311 g/mol. The van der Waals surface area contributed by atoms with Gasteiger partial charge in [-0.3, -0.25) is 4.79 Å². The summed E-state index contributed by atoms with van der Waals surface area (Å²) >= 11 is 0. The van der Waals surface area contributed by atoms with E-state index in [0.717, 1.165) is 45.3 Å². The Balaban J connectivity index is 1.36. The standard InChI is InChI=1S/C19H25N3O/c23-19(8-4-7-17-5-2-1-3-6-17)22-12-9-18(10-13-22)15-21-14-11-20-16-21/h1-3,5-6,11,14,16,18H,4,7-10,12-13,15H2. The molecule has 4 nitrogen and oxygen atoms in total. The van der Waals surface area contributed by atoms with Gasteiger partial charge in [-0.2, -0.15) is 0 Å². The maximum absolute atomic E-state index is 12.3. The number of amides is 1. The van der Waals surface area contributed by atoms with Gasteiger partial charge in [0.05, 0.1) is 6.33 Å². The van der Waals surface area contributed by atoms with Crippen molar-refractivity contribution in [2.75, 3.05) is 13.1 Å². The summed E-state index contributed by atoms with van der Waals surface area (Å²) in [6, 6.07) is 10.4. The number of likely N-dealkylation sites (tertiary alicyclic amines) is 1. The quantitative estimate of drug-likeness (QED) is 0.822. The highest BCUT2D eigenvalue weighted by Gasteiger charge is 2.22. The first kappa shape index (κ1) is 15.8. The lowest BCUT2D eigenvalue weighted by molar-refractivity contribution is -0.132. The Hall–Kier alpha value is -2.10. The number of rotatable bonds is 6. The van der Waals surface area contributed by atoms with Gasteiger partial charge in [-0.1, -0.05) is 30.3 Å². The predicted octanol–water partition coefficient (Wildman–Crippen LogP) is 3.14. The second-order valence-corrected chi connectivity index (χ2v) is 6.42. The first-order valence-corrected chi connectivity index (χ1v) is 8.59. The van der Waals surface area contributed by atoms with Crippen LogP contribution in [0.15, 0.2) is 49.1 Å². The van der Waals surface area contributed by atoms with Gasteiger partial charge < -0.3 is 9.47 Å². The molecule has 1 aromatic heterocycles. The molecule has 3 rings (SSSR count). The predicted molar refractivity (Wildman–Crippen MR) is 90.9 cm³/mol. The van der Waals surface area contributed by atoms with Crippen molar-refractivity contribution in [2.24, 2.45) is 5.92 Å². The minimum absolute atomic E-state index is 0.321. The zero-order chi connectivity index (χ0) is 15.9. The molecule has 1 aliphatic heterocycles. The molecular formula is C19H25N3O. The summed E-state index contributed by atoms with van der Waals surface area (Å²) in [6.07, 6.45) is 10.5. The van der Waals surface area contributed by atoms with Gasteiger partial charge in [0.2, 0.25) is 5.91 Å². The molecule has 0 aliphatic carbocycles. The number of aromatic nitrogens is 2. The summed E-state index contributed by atoms with van der Waals surface area (Å²) in [5.74, 6) is 0.986. The average molecular weight is 311 g/mol. The van der Waals surface area contributed by atoms with Gasteiger partial charge in [0.25, 0.3) is 0 Å². The Kier molecular flexibility index (Phi) is 5.46. The molecule has 0 bridgehead atoms. The normalized spacial score (nSPS) is 15.7. The summed E-state index contributed by atoms with van der Waals surface area (Å²) in [6.45, 7) is 2.84. The molecule has 1 aromatic carbocycles. The fraction of sp³-hybridized carbons (Fsp3) is 0.474. The van der Waals surface area contributed by atoms with Crippen LogP contribution in [0, 0.1) is 5.92 Å². The lowest BCUT2D eigenvalue weighted by atomic mass is 9.96. The van der Waals surface area contributed by atoms with Gasteiger partial charge in [0.15, 0.2) is 0 Å². The second-order valence-electron chi connectivity index (χ2n) is 6.42. The lowest BCUT2D eigenvalue weighted by Gasteiger charge is -2.32. The summed E-state index contributed by atoms with van der Waals surface area (Å²) in [5.41, 5.74) is 1.32. The Morgan fingerprint density at radius 1 is 1.17 bits per heavy atom. The molecular weight excluding hydrogens is 286 g/mol. The van der Waals surface area contributed by atoms with E-state index in [0.29, 0.717) is 18.2 Å². The number of nitrogens with zero attached hydrogens (tertiary/aromatic N) is 3. The zero-order valence-corrected chi connectivity index (χ0v) is 13.6. The van der Waals surface area contributed by atoms with E-state index in [1.54, 1.807) is 0 Å². The third kappa shape index (κ3) is 4.68. The van der Waals surface area contributed by atoms with Crippen LogP contribution >= 0.6 is 0 Å². The van der Waals surface area contributed by atoms with Crippen LogP contribution in [0.2, 0.25) is 0 Å². The van der Waals surface area contributed by atoms with Crippen molar-refractivity contribution in [3.8, 4) is 0 Å². The Morgan fingerprint density at radius 3 is 2.65 bits per heavy atom. The molecule has 0 radical (unpaired) electrons. The first-order chi connectivity index (χ1) is 11.3. The van der Waals surface area contributed by atoms with Crippen molar-refractivity contribution in [2.45, 2.75) is 38.6 Å². The van der Waals surface area contributed by atoms with Crippen molar-refractivity contribution >= 4 is 5.91 Å². The van der Waals surface area contributed by atoms with Crippen molar-refractivity contribution in [1.82, 2.24) is 14.5 Å². The first-order valence-electron chi connectivity index (χ1n) is 8.59. The van der Waals surface area contributed by atoms with E-state index in [4.69, 9.17) is 0 Å². The molecule has 1 saturated heterocycles. The zero-order valence-electron chi connectivity index (χ0n) is 13.6. The van der Waals surface area contributed by atoms with Crippen molar-refractivity contribution in [3.05, 3.63) is 54.6 Å². The molecule has 0 atom stereocenters. The number of hydrogen-bond donors (Lipinski definition) is 0. The van der Waals surface area contributed by atoms with E-state index in [9.17, 15) is 4.79 Å². The molecule has 0 unspecified atom stereocenters. The van der Waals surface area contributed by atoms with Gasteiger partial charge in [-0.25, -0.2) is 4.98 Å². The van der Waals surface area contributed by atoms with Gasteiger partial charge >= 0.3 is 0 Å². The summed E-state index contributed by atoms with van der Waals surface area (Å²) in [5, 5.41) is 0. The Bertz CT molecular complexity index is 586. The fourth-order valence-electron chi connectivity index (χ4n) is 3.30. The van der Waals surface area contributed by atoms with E-state index < -0.39 is 0 Å². The van der Waals surface area contributed by atoms with Crippen molar-refractivity contribution in [1.29, 1.82) is 0 Å².